The second kappa shape index (κ2) is 7.56. The third-order valence-corrected chi connectivity index (χ3v) is 3.25. The van der Waals surface area contributed by atoms with Gasteiger partial charge in [0.05, 0.1) is 17.2 Å². The number of nitrogens with two attached hydrogens (primary N) is 1. The van der Waals surface area contributed by atoms with Crippen LogP contribution in [-0.2, 0) is 0 Å². The number of halogens is 1. The number of hydrogen-bond donors (Lipinski definition) is 2. The predicted molar refractivity (Wildman–Crippen MR) is 81.5 cm³/mol. The maximum atomic E-state index is 9.16. The molecule has 0 amide bonds. The lowest BCUT2D eigenvalue weighted by atomic mass is 10.1. The smallest absolute Gasteiger partial charge is 0.107 e. The van der Waals surface area contributed by atoms with Crippen LogP contribution in [0, 0.1) is 0 Å². The lowest BCUT2D eigenvalue weighted by Crippen LogP contribution is -2.30. The summed E-state index contributed by atoms with van der Waals surface area (Å²) in [5, 5.41) is 9.71. The molecule has 5 heteroatoms. The van der Waals surface area contributed by atoms with E-state index < -0.39 is 0 Å². The van der Waals surface area contributed by atoms with Gasteiger partial charge in [0.15, 0.2) is 0 Å². The van der Waals surface area contributed by atoms with Gasteiger partial charge in [0.2, 0.25) is 0 Å². The van der Waals surface area contributed by atoms with Crippen LogP contribution in [-0.4, -0.2) is 29.8 Å². The van der Waals surface area contributed by atoms with Crippen molar-refractivity contribution >= 4 is 34.5 Å². The van der Waals surface area contributed by atoms with Gasteiger partial charge in [0, 0.05) is 18.8 Å². The van der Waals surface area contributed by atoms with Crippen LogP contribution in [0.5, 0.6) is 0 Å². The molecule has 0 aliphatic rings. The zero-order chi connectivity index (χ0) is 13.5. The maximum Gasteiger partial charge on any atom is 0.107 e. The van der Waals surface area contributed by atoms with Crippen LogP contribution in [0.25, 0.3) is 0 Å². The van der Waals surface area contributed by atoms with Crippen LogP contribution in [0.2, 0.25) is 5.02 Å². The number of benzene rings is 1. The van der Waals surface area contributed by atoms with Gasteiger partial charge in [0.1, 0.15) is 4.99 Å². The minimum atomic E-state index is 0.0903. The SMILES string of the molecule is CCCCN(CCO)c1cccc(Cl)c1C(N)=S. The minimum Gasteiger partial charge on any atom is -0.395 e. The Morgan fingerprint density at radius 2 is 2.17 bits per heavy atom. The van der Waals surface area contributed by atoms with Crippen molar-refractivity contribution in [2.75, 3.05) is 24.6 Å². The Morgan fingerprint density at radius 3 is 2.72 bits per heavy atom. The predicted octanol–water partition coefficient (Wildman–Crippen LogP) is 2.57. The van der Waals surface area contributed by atoms with Gasteiger partial charge >= 0.3 is 0 Å². The first kappa shape index (κ1) is 15.2. The molecular formula is C13H19ClN2OS. The van der Waals surface area contributed by atoms with E-state index >= 15 is 0 Å². The van der Waals surface area contributed by atoms with Crippen molar-refractivity contribution in [3.05, 3.63) is 28.8 Å². The first-order valence-electron chi connectivity index (χ1n) is 6.06. The van der Waals surface area contributed by atoms with Crippen LogP contribution in [0.15, 0.2) is 18.2 Å². The van der Waals surface area contributed by atoms with Crippen LogP contribution in [0.3, 0.4) is 0 Å². The average Bonchev–Trinajstić information content (AvgIpc) is 2.33. The molecule has 0 bridgehead atoms. The molecule has 0 aliphatic heterocycles. The van der Waals surface area contributed by atoms with Gasteiger partial charge in [-0.2, -0.15) is 0 Å². The largest absolute Gasteiger partial charge is 0.395 e. The molecule has 0 spiro atoms. The molecule has 0 fully saturated rings. The van der Waals surface area contributed by atoms with Gasteiger partial charge in [0.25, 0.3) is 0 Å². The lowest BCUT2D eigenvalue weighted by Gasteiger charge is -2.26. The number of nitrogens with zero attached hydrogens (tertiary/aromatic N) is 1. The van der Waals surface area contributed by atoms with Crippen molar-refractivity contribution < 1.29 is 5.11 Å². The molecule has 18 heavy (non-hydrogen) atoms. The van der Waals surface area contributed by atoms with E-state index in [9.17, 15) is 0 Å². The van der Waals surface area contributed by atoms with Crippen LogP contribution in [0.4, 0.5) is 5.69 Å². The number of anilines is 1. The van der Waals surface area contributed by atoms with E-state index in [4.69, 9.17) is 34.7 Å². The number of unbranched alkanes of at least 4 members (excludes halogenated alkanes) is 1. The second-order valence-electron chi connectivity index (χ2n) is 4.06. The standard InChI is InChI=1S/C13H19ClN2OS/c1-2-3-7-16(8-9-17)11-6-4-5-10(14)12(11)13(15)18/h4-6,17H,2-3,7-9H2,1H3,(H2,15,18). The first-order chi connectivity index (χ1) is 8.61. The second-order valence-corrected chi connectivity index (χ2v) is 4.91. The summed E-state index contributed by atoms with van der Waals surface area (Å²) < 4.78 is 0. The summed E-state index contributed by atoms with van der Waals surface area (Å²) in [6, 6.07) is 5.58. The van der Waals surface area contributed by atoms with E-state index in [1.54, 1.807) is 6.07 Å². The zero-order valence-electron chi connectivity index (χ0n) is 10.5. The topological polar surface area (TPSA) is 49.5 Å². The van der Waals surface area contributed by atoms with E-state index in [1.165, 1.54) is 0 Å². The van der Waals surface area contributed by atoms with Crippen molar-refractivity contribution in [2.45, 2.75) is 19.8 Å². The number of thiocarbonyl (C=S) groups is 1. The molecule has 0 aromatic heterocycles. The van der Waals surface area contributed by atoms with Crippen molar-refractivity contribution in [1.82, 2.24) is 0 Å². The molecule has 0 aliphatic carbocycles. The molecule has 1 aromatic rings. The number of hydrogen-bond acceptors (Lipinski definition) is 3. The third kappa shape index (κ3) is 3.83. The van der Waals surface area contributed by atoms with Gasteiger partial charge in [-0.3, -0.25) is 0 Å². The lowest BCUT2D eigenvalue weighted by molar-refractivity contribution is 0.301. The Labute approximate surface area is 119 Å². The fraction of sp³-hybridized carbons (Fsp3) is 0.462. The van der Waals surface area contributed by atoms with E-state index in [2.05, 4.69) is 11.8 Å². The highest BCUT2D eigenvalue weighted by atomic mass is 35.5. The number of rotatable bonds is 7. The Morgan fingerprint density at radius 1 is 1.44 bits per heavy atom. The van der Waals surface area contributed by atoms with Crippen molar-refractivity contribution in [3.8, 4) is 0 Å². The maximum absolute atomic E-state index is 9.16. The third-order valence-electron chi connectivity index (χ3n) is 2.73. The summed E-state index contributed by atoms with van der Waals surface area (Å²) in [5.41, 5.74) is 7.33. The van der Waals surface area contributed by atoms with E-state index in [1.807, 2.05) is 12.1 Å². The van der Waals surface area contributed by atoms with E-state index in [0.717, 1.165) is 25.1 Å². The van der Waals surface area contributed by atoms with Crippen molar-refractivity contribution in [3.63, 3.8) is 0 Å². The monoisotopic (exact) mass is 286 g/mol. The average molecular weight is 287 g/mol. The quantitative estimate of drug-likeness (QED) is 0.757. The zero-order valence-corrected chi connectivity index (χ0v) is 12.1. The molecule has 0 saturated carbocycles. The summed E-state index contributed by atoms with van der Waals surface area (Å²) in [4.78, 5) is 2.36. The molecular weight excluding hydrogens is 268 g/mol. The molecule has 0 unspecified atom stereocenters. The minimum absolute atomic E-state index is 0.0903. The summed E-state index contributed by atoms with van der Waals surface area (Å²) >= 11 is 11.2. The molecule has 1 aromatic carbocycles. The highest BCUT2D eigenvalue weighted by Crippen LogP contribution is 2.27. The van der Waals surface area contributed by atoms with Crippen molar-refractivity contribution in [1.29, 1.82) is 0 Å². The van der Waals surface area contributed by atoms with Crippen LogP contribution in [0.1, 0.15) is 25.3 Å². The Kier molecular flexibility index (Phi) is 6.39. The number of aliphatic hydroxyl groups excluding tert-OH is 1. The molecule has 0 radical (unpaired) electrons. The Bertz CT molecular complexity index is 412. The molecule has 0 atom stereocenters. The fourth-order valence-electron chi connectivity index (χ4n) is 1.84. The highest BCUT2D eigenvalue weighted by Gasteiger charge is 2.15. The summed E-state index contributed by atoms with van der Waals surface area (Å²) in [5.74, 6) is 0. The summed E-state index contributed by atoms with van der Waals surface area (Å²) in [6.07, 6.45) is 2.13. The fourth-order valence-corrected chi connectivity index (χ4v) is 2.38. The highest BCUT2D eigenvalue weighted by molar-refractivity contribution is 7.80. The van der Waals surface area contributed by atoms with Crippen LogP contribution < -0.4 is 10.6 Å². The molecule has 0 saturated heterocycles. The molecule has 1 rings (SSSR count). The van der Waals surface area contributed by atoms with E-state index in [-0.39, 0.29) is 11.6 Å². The normalized spacial score (nSPS) is 10.4. The van der Waals surface area contributed by atoms with Crippen molar-refractivity contribution in [2.24, 2.45) is 5.73 Å². The van der Waals surface area contributed by atoms with Crippen LogP contribution >= 0.6 is 23.8 Å². The summed E-state index contributed by atoms with van der Waals surface area (Å²) in [7, 11) is 0. The number of aliphatic hydroxyl groups is 1. The molecule has 100 valence electrons. The van der Waals surface area contributed by atoms with Gasteiger partial charge in [-0.15, -0.1) is 0 Å². The first-order valence-corrected chi connectivity index (χ1v) is 6.84. The summed E-state index contributed by atoms with van der Waals surface area (Å²) in [6.45, 7) is 3.62. The van der Waals surface area contributed by atoms with Gasteiger partial charge < -0.3 is 15.7 Å². The molecule has 3 nitrogen and oxygen atoms in total. The Balaban J connectivity index is 3.10. The van der Waals surface area contributed by atoms with Gasteiger partial charge in [-0.05, 0) is 18.6 Å². The van der Waals surface area contributed by atoms with Gasteiger partial charge in [-0.1, -0.05) is 43.2 Å². The molecule has 0 heterocycles. The molecule has 3 N–H and O–H groups in total. The Hall–Kier alpha value is -0.840. The van der Waals surface area contributed by atoms with E-state index in [0.29, 0.717) is 17.1 Å². The van der Waals surface area contributed by atoms with Gasteiger partial charge in [-0.25, -0.2) is 0 Å².